The average molecular weight is 238 g/mol. The van der Waals surface area contributed by atoms with E-state index in [1.54, 1.807) is 0 Å². The lowest BCUT2D eigenvalue weighted by Crippen LogP contribution is -2.61. The summed E-state index contributed by atoms with van der Waals surface area (Å²) >= 11 is 0. The van der Waals surface area contributed by atoms with Crippen LogP contribution in [0, 0.1) is 5.92 Å². The SMILES string of the molecule is C=CC(=O)OC[C@@H]1CCC[N+]2(C)CCCC[C@H]12. The lowest BCUT2D eigenvalue weighted by Gasteiger charge is -2.51. The first-order valence-electron chi connectivity index (χ1n) is 6.79. The van der Waals surface area contributed by atoms with Crippen LogP contribution in [0.1, 0.15) is 32.1 Å². The molecule has 2 rings (SSSR count). The van der Waals surface area contributed by atoms with Gasteiger partial charge in [-0.1, -0.05) is 6.58 Å². The molecule has 2 heterocycles. The lowest BCUT2D eigenvalue weighted by atomic mass is 9.82. The fourth-order valence-electron chi connectivity index (χ4n) is 3.68. The van der Waals surface area contributed by atoms with Gasteiger partial charge in [0.15, 0.2) is 0 Å². The molecule has 0 aliphatic carbocycles. The molecule has 3 heteroatoms. The minimum atomic E-state index is -0.277. The van der Waals surface area contributed by atoms with Crippen molar-refractivity contribution >= 4 is 5.97 Å². The Bertz CT molecular complexity index is 299. The van der Waals surface area contributed by atoms with Crippen LogP contribution in [0.15, 0.2) is 12.7 Å². The summed E-state index contributed by atoms with van der Waals surface area (Å²) < 4.78 is 6.46. The first-order chi connectivity index (χ1) is 8.15. The molecule has 0 N–H and O–H groups in total. The average Bonchev–Trinajstić information content (AvgIpc) is 2.34. The predicted molar refractivity (Wildman–Crippen MR) is 67.4 cm³/mol. The number of piperidine rings is 2. The predicted octanol–water partition coefficient (Wildman–Crippen LogP) is 2.12. The maximum absolute atomic E-state index is 11.1. The molecule has 2 aliphatic rings. The highest BCUT2D eigenvalue weighted by Gasteiger charge is 2.43. The number of esters is 1. The second-order valence-electron chi connectivity index (χ2n) is 5.73. The number of carbonyl (C=O) groups is 1. The summed E-state index contributed by atoms with van der Waals surface area (Å²) in [5.41, 5.74) is 0. The van der Waals surface area contributed by atoms with E-state index < -0.39 is 0 Å². The Morgan fingerprint density at radius 1 is 1.35 bits per heavy atom. The molecule has 17 heavy (non-hydrogen) atoms. The van der Waals surface area contributed by atoms with Crippen LogP contribution >= 0.6 is 0 Å². The molecule has 3 nitrogen and oxygen atoms in total. The van der Waals surface area contributed by atoms with Crippen molar-refractivity contribution in [2.24, 2.45) is 5.92 Å². The Balaban J connectivity index is 1.96. The van der Waals surface area contributed by atoms with E-state index in [1.807, 2.05) is 0 Å². The summed E-state index contributed by atoms with van der Waals surface area (Å²) in [7, 11) is 2.38. The molecule has 1 unspecified atom stereocenters. The Hall–Kier alpha value is -0.830. The fourth-order valence-corrected chi connectivity index (χ4v) is 3.68. The standard InChI is InChI=1S/C14H24NO2/c1-3-14(16)17-11-12-7-6-10-15(2)9-5-4-8-13(12)15/h3,12-13H,1,4-11H2,2H3/q+1/t12-,13+,15?/m0/s1. The highest BCUT2D eigenvalue weighted by molar-refractivity contribution is 5.81. The first kappa shape index (κ1) is 12.6. The number of hydrogen-bond acceptors (Lipinski definition) is 2. The van der Waals surface area contributed by atoms with E-state index >= 15 is 0 Å². The molecular weight excluding hydrogens is 214 g/mol. The minimum Gasteiger partial charge on any atom is -0.462 e. The van der Waals surface area contributed by atoms with Gasteiger partial charge in [-0.05, 0) is 25.7 Å². The molecule has 3 atom stereocenters. The minimum absolute atomic E-state index is 0.277. The van der Waals surface area contributed by atoms with Gasteiger partial charge in [-0.3, -0.25) is 0 Å². The molecule has 2 fully saturated rings. The van der Waals surface area contributed by atoms with Gasteiger partial charge in [0.1, 0.15) is 6.61 Å². The second-order valence-corrected chi connectivity index (χ2v) is 5.73. The number of quaternary nitrogens is 1. The Morgan fingerprint density at radius 3 is 2.88 bits per heavy atom. The maximum Gasteiger partial charge on any atom is 0.330 e. The summed E-state index contributed by atoms with van der Waals surface area (Å²) in [5.74, 6) is 0.276. The third-order valence-electron chi connectivity index (χ3n) is 4.61. The normalized spacial score (nSPS) is 37.0. The highest BCUT2D eigenvalue weighted by Crippen LogP contribution is 2.36. The van der Waals surface area contributed by atoms with E-state index in [0.29, 0.717) is 18.6 Å². The van der Waals surface area contributed by atoms with Gasteiger partial charge in [0.25, 0.3) is 0 Å². The molecule has 0 spiro atoms. The zero-order chi connectivity index (χ0) is 12.3. The van der Waals surface area contributed by atoms with Crippen LogP contribution in [-0.4, -0.2) is 43.2 Å². The first-order valence-corrected chi connectivity index (χ1v) is 6.79. The van der Waals surface area contributed by atoms with Crippen molar-refractivity contribution < 1.29 is 14.0 Å². The second kappa shape index (κ2) is 5.21. The lowest BCUT2D eigenvalue weighted by molar-refractivity contribution is -0.947. The van der Waals surface area contributed by atoms with Crippen molar-refractivity contribution in [3.8, 4) is 0 Å². The molecule has 0 aromatic heterocycles. The van der Waals surface area contributed by atoms with Gasteiger partial charge in [0.05, 0.1) is 26.2 Å². The summed E-state index contributed by atoms with van der Waals surface area (Å²) in [6, 6.07) is 0.704. The molecule has 2 saturated heterocycles. The van der Waals surface area contributed by atoms with E-state index in [-0.39, 0.29) is 5.97 Å². The quantitative estimate of drug-likeness (QED) is 0.428. The molecule has 2 aliphatic heterocycles. The fraction of sp³-hybridized carbons (Fsp3) is 0.786. The van der Waals surface area contributed by atoms with E-state index in [9.17, 15) is 4.79 Å². The smallest absolute Gasteiger partial charge is 0.330 e. The summed E-state index contributed by atoms with van der Waals surface area (Å²) in [6.07, 6.45) is 7.73. The molecule has 0 aromatic carbocycles. The summed E-state index contributed by atoms with van der Waals surface area (Å²) in [5, 5.41) is 0. The zero-order valence-electron chi connectivity index (χ0n) is 10.9. The van der Waals surface area contributed by atoms with Crippen LogP contribution in [0.5, 0.6) is 0 Å². The van der Waals surface area contributed by atoms with Gasteiger partial charge in [-0.15, -0.1) is 0 Å². The largest absolute Gasteiger partial charge is 0.462 e. The van der Waals surface area contributed by atoms with Crippen LogP contribution in [-0.2, 0) is 9.53 Å². The number of hydrogen-bond donors (Lipinski definition) is 0. The van der Waals surface area contributed by atoms with Crippen molar-refractivity contribution in [1.29, 1.82) is 0 Å². The van der Waals surface area contributed by atoms with Crippen molar-refractivity contribution in [2.45, 2.75) is 38.1 Å². The number of fused-ring (bicyclic) bond motifs is 1. The monoisotopic (exact) mass is 238 g/mol. The van der Waals surface area contributed by atoms with E-state index in [1.165, 1.54) is 55.8 Å². The van der Waals surface area contributed by atoms with Crippen LogP contribution in [0.3, 0.4) is 0 Å². The molecular formula is C14H24NO2+. The third-order valence-corrected chi connectivity index (χ3v) is 4.61. The molecule has 0 bridgehead atoms. The Kier molecular flexibility index (Phi) is 3.87. The molecule has 96 valence electrons. The van der Waals surface area contributed by atoms with Gasteiger partial charge in [-0.25, -0.2) is 4.79 Å². The van der Waals surface area contributed by atoms with Crippen LogP contribution in [0.4, 0.5) is 0 Å². The molecule has 0 amide bonds. The number of carbonyl (C=O) groups excluding carboxylic acids is 1. The molecule has 0 radical (unpaired) electrons. The Morgan fingerprint density at radius 2 is 2.12 bits per heavy atom. The van der Waals surface area contributed by atoms with Crippen molar-refractivity contribution in [1.82, 2.24) is 0 Å². The third kappa shape index (κ3) is 2.71. The van der Waals surface area contributed by atoms with E-state index in [0.717, 1.165) is 0 Å². The van der Waals surface area contributed by atoms with Crippen molar-refractivity contribution in [3.05, 3.63) is 12.7 Å². The zero-order valence-corrected chi connectivity index (χ0v) is 10.9. The summed E-state index contributed by atoms with van der Waals surface area (Å²) in [6.45, 7) is 6.63. The highest BCUT2D eigenvalue weighted by atomic mass is 16.5. The molecule has 0 aromatic rings. The van der Waals surface area contributed by atoms with Gasteiger partial charge in [0.2, 0.25) is 0 Å². The van der Waals surface area contributed by atoms with Crippen LogP contribution < -0.4 is 0 Å². The van der Waals surface area contributed by atoms with Crippen molar-refractivity contribution in [3.63, 3.8) is 0 Å². The van der Waals surface area contributed by atoms with Crippen molar-refractivity contribution in [2.75, 3.05) is 26.7 Å². The van der Waals surface area contributed by atoms with Gasteiger partial charge < -0.3 is 9.22 Å². The topological polar surface area (TPSA) is 26.3 Å². The van der Waals surface area contributed by atoms with Gasteiger partial charge in [0, 0.05) is 18.4 Å². The van der Waals surface area contributed by atoms with Crippen LogP contribution in [0.2, 0.25) is 0 Å². The number of ether oxygens (including phenoxy) is 1. The Labute approximate surface area is 104 Å². The maximum atomic E-state index is 11.1. The van der Waals surface area contributed by atoms with E-state index in [4.69, 9.17) is 4.74 Å². The van der Waals surface area contributed by atoms with Gasteiger partial charge in [-0.2, -0.15) is 0 Å². The number of rotatable bonds is 3. The van der Waals surface area contributed by atoms with Crippen LogP contribution in [0.25, 0.3) is 0 Å². The number of nitrogens with zero attached hydrogens (tertiary/aromatic N) is 1. The summed E-state index contributed by atoms with van der Waals surface area (Å²) in [4.78, 5) is 11.1. The van der Waals surface area contributed by atoms with E-state index in [2.05, 4.69) is 13.6 Å². The molecule has 0 saturated carbocycles. The van der Waals surface area contributed by atoms with Gasteiger partial charge >= 0.3 is 5.97 Å².